The maximum Gasteiger partial charge on any atom is 0.193 e. The van der Waals surface area contributed by atoms with Gasteiger partial charge < -0.3 is 15.8 Å². The minimum absolute atomic E-state index is 0.247. The monoisotopic (exact) mass is 331 g/mol. The number of nitrogens with two attached hydrogens (primary N) is 1. The van der Waals surface area contributed by atoms with Crippen LogP contribution >= 0.6 is 0 Å². The number of ether oxygens (including phenoxy) is 1. The Morgan fingerprint density at radius 3 is 2.71 bits per heavy atom. The molecule has 2 aromatic rings. The lowest BCUT2D eigenvalue weighted by molar-refractivity contribution is 0.415. The van der Waals surface area contributed by atoms with Gasteiger partial charge in [0.1, 0.15) is 17.4 Å². The second kappa shape index (κ2) is 6.47. The SMILES string of the molecule is COc1cccc(NC(N)=NCC2(c3ccc(F)cc3F)CC2)c1. The van der Waals surface area contributed by atoms with Crippen molar-refractivity contribution < 1.29 is 13.5 Å². The van der Waals surface area contributed by atoms with Crippen LogP contribution in [0.2, 0.25) is 0 Å². The summed E-state index contributed by atoms with van der Waals surface area (Å²) in [6, 6.07) is 11.0. The van der Waals surface area contributed by atoms with Crippen molar-refractivity contribution in [2.75, 3.05) is 19.0 Å². The van der Waals surface area contributed by atoms with Crippen LogP contribution in [0.1, 0.15) is 18.4 Å². The van der Waals surface area contributed by atoms with Crippen molar-refractivity contribution in [3.63, 3.8) is 0 Å². The topological polar surface area (TPSA) is 59.6 Å². The number of hydrogen-bond acceptors (Lipinski definition) is 2. The molecule has 3 N–H and O–H groups in total. The quantitative estimate of drug-likeness (QED) is 0.652. The summed E-state index contributed by atoms with van der Waals surface area (Å²) in [5.41, 5.74) is 6.80. The Balaban J connectivity index is 1.70. The molecule has 4 nitrogen and oxygen atoms in total. The van der Waals surface area contributed by atoms with Gasteiger partial charge in [-0.25, -0.2) is 8.78 Å². The predicted molar refractivity (Wildman–Crippen MR) is 90.4 cm³/mol. The van der Waals surface area contributed by atoms with Gasteiger partial charge in [-0.15, -0.1) is 0 Å². The van der Waals surface area contributed by atoms with E-state index in [1.54, 1.807) is 13.2 Å². The number of methoxy groups -OCH3 is 1. The molecule has 0 unspecified atom stereocenters. The third-order valence-electron chi connectivity index (χ3n) is 4.25. The van der Waals surface area contributed by atoms with Crippen LogP contribution < -0.4 is 15.8 Å². The van der Waals surface area contributed by atoms with E-state index in [9.17, 15) is 8.78 Å². The summed E-state index contributed by atoms with van der Waals surface area (Å²) in [5, 5.41) is 2.99. The molecule has 1 aliphatic carbocycles. The zero-order valence-electron chi connectivity index (χ0n) is 13.4. The Kier molecular flexibility index (Phi) is 4.38. The number of anilines is 1. The average molecular weight is 331 g/mol. The lowest BCUT2D eigenvalue weighted by Gasteiger charge is -2.15. The highest BCUT2D eigenvalue weighted by Crippen LogP contribution is 2.49. The van der Waals surface area contributed by atoms with Gasteiger partial charge in [0.15, 0.2) is 5.96 Å². The molecule has 0 heterocycles. The second-order valence-electron chi connectivity index (χ2n) is 5.96. The number of nitrogens with one attached hydrogen (secondary N) is 1. The zero-order valence-corrected chi connectivity index (χ0v) is 13.4. The van der Waals surface area contributed by atoms with Gasteiger partial charge in [0.25, 0.3) is 0 Å². The molecule has 0 bridgehead atoms. The Labute approximate surface area is 139 Å². The molecule has 6 heteroatoms. The molecule has 1 fully saturated rings. The van der Waals surface area contributed by atoms with Crippen molar-refractivity contribution in [3.05, 3.63) is 59.7 Å². The standard InChI is InChI=1S/C18H19F2N3O/c1-24-14-4-2-3-13(10-14)23-17(21)22-11-18(7-8-18)15-6-5-12(19)9-16(15)20/h2-6,9-10H,7-8,11H2,1H3,(H3,21,22,23). The lowest BCUT2D eigenvalue weighted by atomic mass is 9.95. The van der Waals surface area contributed by atoms with Gasteiger partial charge in [0.05, 0.1) is 13.7 Å². The van der Waals surface area contributed by atoms with Crippen LogP contribution in [-0.4, -0.2) is 19.6 Å². The molecule has 126 valence electrons. The minimum Gasteiger partial charge on any atom is -0.497 e. The number of nitrogens with zero attached hydrogens (tertiary/aromatic N) is 1. The zero-order chi connectivity index (χ0) is 17.2. The smallest absolute Gasteiger partial charge is 0.193 e. The first-order chi connectivity index (χ1) is 11.5. The predicted octanol–water partition coefficient (Wildman–Crippen LogP) is 3.43. The number of hydrogen-bond donors (Lipinski definition) is 2. The third-order valence-corrected chi connectivity index (χ3v) is 4.25. The summed E-state index contributed by atoms with van der Waals surface area (Å²) in [6.45, 7) is 0.359. The van der Waals surface area contributed by atoms with E-state index in [2.05, 4.69) is 10.3 Å². The minimum atomic E-state index is -0.574. The highest BCUT2D eigenvalue weighted by molar-refractivity contribution is 5.92. The molecule has 0 radical (unpaired) electrons. The van der Waals surface area contributed by atoms with Crippen molar-refractivity contribution in [1.29, 1.82) is 0 Å². The molecule has 2 aromatic carbocycles. The summed E-state index contributed by atoms with van der Waals surface area (Å²) >= 11 is 0. The molecule has 0 amide bonds. The second-order valence-corrected chi connectivity index (χ2v) is 5.96. The normalized spacial score (nSPS) is 15.9. The van der Waals surface area contributed by atoms with E-state index >= 15 is 0 Å². The van der Waals surface area contributed by atoms with Crippen molar-refractivity contribution in [1.82, 2.24) is 0 Å². The summed E-state index contributed by atoms with van der Waals surface area (Å²) in [6.07, 6.45) is 1.62. The van der Waals surface area contributed by atoms with Gasteiger partial charge in [-0.1, -0.05) is 12.1 Å². The highest BCUT2D eigenvalue weighted by Gasteiger charge is 2.46. The van der Waals surface area contributed by atoms with Gasteiger partial charge in [-0.2, -0.15) is 0 Å². The van der Waals surface area contributed by atoms with Crippen molar-refractivity contribution in [2.24, 2.45) is 10.7 Å². The molecule has 1 saturated carbocycles. The van der Waals surface area contributed by atoms with E-state index in [1.807, 2.05) is 18.2 Å². The molecule has 24 heavy (non-hydrogen) atoms. The van der Waals surface area contributed by atoms with Gasteiger partial charge in [0.2, 0.25) is 0 Å². The fourth-order valence-corrected chi connectivity index (χ4v) is 2.71. The van der Waals surface area contributed by atoms with Gasteiger partial charge in [0, 0.05) is 23.2 Å². The molecule has 0 saturated heterocycles. The van der Waals surface area contributed by atoms with Crippen LogP contribution in [0.3, 0.4) is 0 Å². The molecular weight excluding hydrogens is 312 g/mol. The van der Waals surface area contributed by atoms with Crippen LogP contribution in [0.15, 0.2) is 47.5 Å². The molecule has 0 spiro atoms. The summed E-state index contributed by atoms with van der Waals surface area (Å²) < 4.78 is 32.2. The molecule has 0 aliphatic heterocycles. The fraction of sp³-hybridized carbons (Fsp3) is 0.278. The average Bonchev–Trinajstić information content (AvgIpc) is 3.34. The third kappa shape index (κ3) is 3.48. The highest BCUT2D eigenvalue weighted by atomic mass is 19.1. The van der Waals surface area contributed by atoms with E-state index < -0.39 is 11.6 Å². The van der Waals surface area contributed by atoms with E-state index in [1.165, 1.54) is 12.1 Å². The number of benzene rings is 2. The van der Waals surface area contributed by atoms with E-state index in [0.29, 0.717) is 17.9 Å². The molecule has 3 rings (SSSR count). The number of guanidine groups is 1. The van der Waals surface area contributed by atoms with Crippen LogP contribution in [0.5, 0.6) is 5.75 Å². The van der Waals surface area contributed by atoms with Crippen molar-refractivity contribution in [3.8, 4) is 5.75 Å². The molecular formula is C18H19F2N3O. The summed E-state index contributed by atoms with van der Waals surface area (Å²) in [7, 11) is 1.59. The number of aliphatic imine (C=N–C) groups is 1. The number of halogens is 2. The molecule has 0 atom stereocenters. The van der Waals surface area contributed by atoms with Gasteiger partial charge >= 0.3 is 0 Å². The van der Waals surface area contributed by atoms with E-state index in [0.717, 1.165) is 24.6 Å². The molecule has 1 aliphatic rings. The van der Waals surface area contributed by atoms with Gasteiger partial charge in [-0.3, -0.25) is 4.99 Å². The summed E-state index contributed by atoms with van der Waals surface area (Å²) in [5.74, 6) is -0.145. The van der Waals surface area contributed by atoms with Crippen LogP contribution in [0.4, 0.5) is 14.5 Å². The Morgan fingerprint density at radius 2 is 2.04 bits per heavy atom. The first kappa shape index (κ1) is 16.2. The maximum absolute atomic E-state index is 14.0. The molecule has 0 aromatic heterocycles. The largest absolute Gasteiger partial charge is 0.497 e. The Hall–Kier alpha value is -2.63. The van der Waals surface area contributed by atoms with Crippen LogP contribution in [-0.2, 0) is 5.41 Å². The van der Waals surface area contributed by atoms with Gasteiger partial charge in [-0.05, 0) is 36.6 Å². The lowest BCUT2D eigenvalue weighted by Crippen LogP contribution is -2.25. The van der Waals surface area contributed by atoms with Crippen molar-refractivity contribution in [2.45, 2.75) is 18.3 Å². The number of rotatable bonds is 5. The summed E-state index contributed by atoms with van der Waals surface area (Å²) in [4.78, 5) is 4.33. The Bertz CT molecular complexity index is 773. The first-order valence-corrected chi connectivity index (χ1v) is 7.69. The first-order valence-electron chi connectivity index (χ1n) is 7.69. The van der Waals surface area contributed by atoms with Crippen molar-refractivity contribution >= 4 is 11.6 Å². The maximum atomic E-state index is 14.0. The Morgan fingerprint density at radius 1 is 1.25 bits per heavy atom. The van der Waals surface area contributed by atoms with E-state index in [4.69, 9.17) is 10.5 Å². The van der Waals surface area contributed by atoms with E-state index in [-0.39, 0.29) is 11.4 Å². The van der Waals surface area contributed by atoms with Crippen LogP contribution in [0.25, 0.3) is 0 Å². The fourth-order valence-electron chi connectivity index (χ4n) is 2.71. The van der Waals surface area contributed by atoms with Crippen LogP contribution in [0, 0.1) is 11.6 Å².